The number of nitriles is 1. The molecule has 0 saturated heterocycles. The molecule has 1 aromatic rings. The predicted molar refractivity (Wildman–Crippen MR) is 75.1 cm³/mol. The van der Waals surface area contributed by atoms with Crippen molar-refractivity contribution in [2.24, 2.45) is 0 Å². The minimum Gasteiger partial charge on any atom is -0.479 e. The van der Waals surface area contributed by atoms with E-state index in [1.54, 1.807) is 0 Å². The van der Waals surface area contributed by atoms with E-state index < -0.39 is 0 Å². The fourth-order valence-corrected chi connectivity index (χ4v) is 1.84. The van der Waals surface area contributed by atoms with Gasteiger partial charge in [0.2, 0.25) is 5.91 Å². The first-order chi connectivity index (χ1) is 9.69. The summed E-state index contributed by atoms with van der Waals surface area (Å²) in [5.74, 6) is 0.724. The SMILES string of the molecule is CC(NCC(=O)NC1CC1)c1ccc(OCC#N)cc1. The predicted octanol–water partition coefficient (Wildman–Crippen LogP) is 1.52. The second-order valence-electron chi connectivity index (χ2n) is 4.96. The molecule has 2 N–H and O–H groups in total. The van der Waals surface area contributed by atoms with Gasteiger partial charge in [0.05, 0.1) is 6.54 Å². The Hall–Kier alpha value is -2.06. The lowest BCUT2D eigenvalue weighted by Gasteiger charge is -2.14. The van der Waals surface area contributed by atoms with E-state index in [1.807, 2.05) is 37.3 Å². The Bertz CT molecular complexity index is 489. The van der Waals surface area contributed by atoms with Crippen molar-refractivity contribution in [3.63, 3.8) is 0 Å². The molecule has 1 aromatic carbocycles. The molecule has 0 aromatic heterocycles. The van der Waals surface area contributed by atoms with Gasteiger partial charge < -0.3 is 15.4 Å². The van der Waals surface area contributed by atoms with E-state index in [0.717, 1.165) is 18.4 Å². The van der Waals surface area contributed by atoms with Gasteiger partial charge >= 0.3 is 0 Å². The molecule has 0 radical (unpaired) electrons. The van der Waals surface area contributed by atoms with Gasteiger partial charge in [-0.05, 0) is 37.5 Å². The molecule has 5 nitrogen and oxygen atoms in total. The molecule has 1 saturated carbocycles. The monoisotopic (exact) mass is 273 g/mol. The van der Waals surface area contributed by atoms with Crippen LogP contribution in [0.15, 0.2) is 24.3 Å². The number of hydrogen-bond donors (Lipinski definition) is 2. The van der Waals surface area contributed by atoms with E-state index >= 15 is 0 Å². The Balaban J connectivity index is 1.77. The molecule has 106 valence electrons. The normalized spacial score (nSPS) is 15.2. The van der Waals surface area contributed by atoms with Crippen LogP contribution in [0.3, 0.4) is 0 Å². The average molecular weight is 273 g/mol. The average Bonchev–Trinajstić information content (AvgIpc) is 3.27. The molecular weight excluding hydrogens is 254 g/mol. The maximum absolute atomic E-state index is 11.6. The van der Waals surface area contributed by atoms with Crippen molar-refractivity contribution in [2.75, 3.05) is 13.2 Å². The summed E-state index contributed by atoms with van der Waals surface area (Å²) in [7, 11) is 0. The summed E-state index contributed by atoms with van der Waals surface area (Å²) in [5.41, 5.74) is 1.08. The van der Waals surface area contributed by atoms with E-state index in [4.69, 9.17) is 10.00 Å². The quantitative estimate of drug-likeness (QED) is 0.790. The molecule has 1 unspecified atom stereocenters. The maximum Gasteiger partial charge on any atom is 0.234 e. The van der Waals surface area contributed by atoms with Crippen LogP contribution in [-0.2, 0) is 4.79 Å². The van der Waals surface area contributed by atoms with Gasteiger partial charge in [-0.15, -0.1) is 0 Å². The summed E-state index contributed by atoms with van der Waals surface area (Å²) in [6.45, 7) is 2.38. The summed E-state index contributed by atoms with van der Waals surface area (Å²) in [6.07, 6.45) is 2.21. The van der Waals surface area contributed by atoms with Crippen molar-refractivity contribution in [3.05, 3.63) is 29.8 Å². The number of carbonyl (C=O) groups is 1. The zero-order valence-corrected chi connectivity index (χ0v) is 11.6. The Labute approximate surface area is 118 Å². The summed E-state index contributed by atoms with van der Waals surface area (Å²) >= 11 is 0. The first kappa shape index (κ1) is 14.4. The Morgan fingerprint density at radius 3 is 2.75 bits per heavy atom. The van der Waals surface area contributed by atoms with Crippen LogP contribution in [-0.4, -0.2) is 25.1 Å². The highest BCUT2D eigenvalue weighted by Gasteiger charge is 2.23. The van der Waals surface area contributed by atoms with E-state index in [1.165, 1.54) is 0 Å². The topological polar surface area (TPSA) is 74.2 Å². The highest BCUT2D eigenvalue weighted by molar-refractivity contribution is 5.78. The molecule has 0 heterocycles. The summed E-state index contributed by atoms with van der Waals surface area (Å²) in [4.78, 5) is 11.6. The lowest BCUT2D eigenvalue weighted by Crippen LogP contribution is -2.36. The third-order valence-electron chi connectivity index (χ3n) is 3.19. The van der Waals surface area contributed by atoms with Crippen LogP contribution in [0.5, 0.6) is 5.75 Å². The zero-order chi connectivity index (χ0) is 14.4. The molecule has 0 spiro atoms. The van der Waals surface area contributed by atoms with Crippen molar-refractivity contribution in [3.8, 4) is 11.8 Å². The number of hydrogen-bond acceptors (Lipinski definition) is 4. The molecule has 0 bridgehead atoms. The molecule has 1 amide bonds. The molecule has 1 atom stereocenters. The van der Waals surface area contributed by atoms with Crippen molar-refractivity contribution < 1.29 is 9.53 Å². The van der Waals surface area contributed by atoms with Gasteiger partial charge in [0.25, 0.3) is 0 Å². The Morgan fingerprint density at radius 2 is 2.15 bits per heavy atom. The number of carbonyl (C=O) groups excluding carboxylic acids is 1. The second kappa shape index (κ2) is 6.92. The Morgan fingerprint density at radius 1 is 1.45 bits per heavy atom. The number of ether oxygens (including phenoxy) is 1. The molecule has 1 fully saturated rings. The van der Waals surface area contributed by atoms with Crippen LogP contribution in [0.4, 0.5) is 0 Å². The lowest BCUT2D eigenvalue weighted by atomic mass is 10.1. The van der Waals surface area contributed by atoms with Gasteiger partial charge in [-0.25, -0.2) is 0 Å². The summed E-state index contributed by atoms with van der Waals surface area (Å²) in [5, 5.41) is 14.6. The highest BCUT2D eigenvalue weighted by Crippen LogP contribution is 2.19. The van der Waals surface area contributed by atoms with Gasteiger partial charge in [-0.1, -0.05) is 12.1 Å². The van der Waals surface area contributed by atoms with Gasteiger partial charge in [0.15, 0.2) is 6.61 Å². The van der Waals surface area contributed by atoms with Gasteiger partial charge in [-0.3, -0.25) is 4.79 Å². The smallest absolute Gasteiger partial charge is 0.234 e. The number of nitrogens with zero attached hydrogens (tertiary/aromatic N) is 1. The first-order valence-electron chi connectivity index (χ1n) is 6.81. The first-order valence-corrected chi connectivity index (χ1v) is 6.81. The molecule has 0 aliphatic heterocycles. The number of nitrogens with one attached hydrogen (secondary N) is 2. The fraction of sp³-hybridized carbons (Fsp3) is 0.467. The summed E-state index contributed by atoms with van der Waals surface area (Å²) in [6, 6.07) is 9.94. The molecule has 1 aliphatic carbocycles. The van der Waals surface area contributed by atoms with E-state index in [-0.39, 0.29) is 18.6 Å². The van der Waals surface area contributed by atoms with Crippen LogP contribution in [0, 0.1) is 11.3 Å². The second-order valence-corrected chi connectivity index (χ2v) is 4.96. The summed E-state index contributed by atoms with van der Waals surface area (Å²) < 4.78 is 5.19. The van der Waals surface area contributed by atoms with Crippen LogP contribution in [0.2, 0.25) is 0 Å². The van der Waals surface area contributed by atoms with Crippen molar-refractivity contribution in [1.82, 2.24) is 10.6 Å². The molecule has 5 heteroatoms. The van der Waals surface area contributed by atoms with Crippen molar-refractivity contribution >= 4 is 5.91 Å². The standard InChI is InChI=1S/C15H19N3O2/c1-11(17-10-15(19)18-13-4-5-13)12-2-6-14(7-3-12)20-9-8-16/h2-3,6-7,11,13,17H,4-5,9-10H2,1H3,(H,18,19). The third-order valence-corrected chi connectivity index (χ3v) is 3.19. The van der Waals surface area contributed by atoms with Crippen LogP contribution in [0.25, 0.3) is 0 Å². The van der Waals surface area contributed by atoms with Crippen LogP contribution < -0.4 is 15.4 Å². The maximum atomic E-state index is 11.6. The van der Waals surface area contributed by atoms with Gasteiger partial charge in [0, 0.05) is 12.1 Å². The largest absolute Gasteiger partial charge is 0.479 e. The molecule has 1 aliphatic rings. The Kier molecular flexibility index (Phi) is 4.97. The van der Waals surface area contributed by atoms with Crippen molar-refractivity contribution in [2.45, 2.75) is 31.8 Å². The minimum absolute atomic E-state index is 0.0494. The molecular formula is C15H19N3O2. The highest BCUT2D eigenvalue weighted by atomic mass is 16.5. The van der Waals surface area contributed by atoms with Gasteiger partial charge in [0.1, 0.15) is 11.8 Å². The third kappa shape index (κ3) is 4.56. The lowest BCUT2D eigenvalue weighted by molar-refractivity contribution is -0.120. The van der Waals surface area contributed by atoms with E-state index in [2.05, 4.69) is 10.6 Å². The molecule has 2 rings (SSSR count). The van der Waals surface area contributed by atoms with Gasteiger partial charge in [-0.2, -0.15) is 5.26 Å². The van der Waals surface area contributed by atoms with Crippen molar-refractivity contribution in [1.29, 1.82) is 5.26 Å². The minimum atomic E-state index is 0.0494. The number of benzene rings is 1. The number of rotatable bonds is 7. The number of amides is 1. The van der Waals surface area contributed by atoms with E-state index in [9.17, 15) is 4.79 Å². The molecule has 20 heavy (non-hydrogen) atoms. The fourth-order valence-electron chi connectivity index (χ4n) is 1.84. The van der Waals surface area contributed by atoms with Crippen LogP contribution in [0.1, 0.15) is 31.4 Å². The zero-order valence-electron chi connectivity index (χ0n) is 11.6. The van der Waals surface area contributed by atoms with E-state index in [0.29, 0.717) is 18.3 Å². The van der Waals surface area contributed by atoms with Crippen LogP contribution >= 0.6 is 0 Å².